The minimum Gasteiger partial charge on any atom is -0.383 e. The average molecular weight is 252 g/mol. The summed E-state index contributed by atoms with van der Waals surface area (Å²) in [5.74, 6) is 1.82. The number of nitrogens with one attached hydrogen (secondary N) is 1. The van der Waals surface area contributed by atoms with Crippen molar-refractivity contribution in [2.24, 2.45) is 5.92 Å². The lowest BCUT2D eigenvalue weighted by molar-refractivity contribution is 0.187. The molecule has 5 nitrogen and oxygen atoms in total. The topological polar surface area (TPSA) is 42.3 Å². The highest BCUT2D eigenvalue weighted by Gasteiger charge is 2.22. The lowest BCUT2D eigenvalue weighted by atomic mass is 9.98. The van der Waals surface area contributed by atoms with Crippen molar-refractivity contribution in [3.8, 4) is 0 Å². The molecular formula is C13H24N4O. The van der Waals surface area contributed by atoms with E-state index in [9.17, 15) is 0 Å². The Hall–Kier alpha value is -1.07. The smallest absolute Gasteiger partial charge is 0.205 e. The summed E-state index contributed by atoms with van der Waals surface area (Å²) < 4.78 is 7.33. The van der Waals surface area contributed by atoms with Crippen LogP contribution >= 0.6 is 0 Å². The van der Waals surface area contributed by atoms with E-state index >= 15 is 0 Å². The molecule has 0 amide bonds. The lowest BCUT2D eigenvalue weighted by Gasteiger charge is -2.33. The van der Waals surface area contributed by atoms with Crippen molar-refractivity contribution in [2.75, 3.05) is 45.3 Å². The molecule has 1 aliphatic rings. The molecule has 18 heavy (non-hydrogen) atoms. The van der Waals surface area contributed by atoms with Gasteiger partial charge in [-0.2, -0.15) is 0 Å². The molecule has 1 unspecified atom stereocenters. The van der Waals surface area contributed by atoms with Gasteiger partial charge in [-0.05, 0) is 32.4 Å². The van der Waals surface area contributed by atoms with E-state index in [0.717, 1.165) is 44.7 Å². The Labute approximate surface area is 109 Å². The highest BCUT2D eigenvalue weighted by Crippen LogP contribution is 2.21. The number of piperidine rings is 1. The van der Waals surface area contributed by atoms with Crippen LogP contribution in [0.3, 0.4) is 0 Å². The third kappa shape index (κ3) is 3.23. The van der Waals surface area contributed by atoms with Gasteiger partial charge in [-0.15, -0.1) is 0 Å². The Balaban J connectivity index is 1.99. The van der Waals surface area contributed by atoms with Gasteiger partial charge in [0.05, 0.1) is 6.61 Å². The van der Waals surface area contributed by atoms with Crippen molar-refractivity contribution in [2.45, 2.75) is 19.4 Å². The van der Waals surface area contributed by atoms with Crippen molar-refractivity contribution >= 4 is 5.95 Å². The standard InChI is InChI=1S/C13H24N4O/c1-14-10-12-4-3-6-17(11-12)13-15-5-7-16(13)8-9-18-2/h5,7,12,14H,3-4,6,8-11H2,1-2H3. The van der Waals surface area contributed by atoms with E-state index in [1.807, 2.05) is 19.4 Å². The average Bonchev–Trinajstić information content (AvgIpc) is 2.85. The van der Waals surface area contributed by atoms with Crippen LogP contribution in [-0.2, 0) is 11.3 Å². The number of hydrogen-bond acceptors (Lipinski definition) is 4. The van der Waals surface area contributed by atoms with Crippen LogP contribution in [0.2, 0.25) is 0 Å². The van der Waals surface area contributed by atoms with Gasteiger partial charge < -0.3 is 19.5 Å². The highest BCUT2D eigenvalue weighted by atomic mass is 16.5. The molecule has 1 aliphatic heterocycles. The molecule has 102 valence electrons. The molecule has 0 saturated carbocycles. The summed E-state index contributed by atoms with van der Waals surface area (Å²) in [5, 5.41) is 3.28. The molecule has 0 radical (unpaired) electrons. The Bertz CT molecular complexity index is 351. The van der Waals surface area contributed by atoms with E-state index in [4.69, 9.17) is 4.74 Å². The van der Waals surface area contributed by atoms with Crippen LogP contribution in [0.1, 0.15) is 12.8 Å². The second-order valence-corrected chi connectivity index (χ2v) is 4.93. The third-order valence-electron chi connectivity index (χ3n) is 3.52. The van der Waals surface area contributed by atoms with Crippen LogP contribution in [0.5, 0.6) is 0 Å². The van der Waals surface area contributed by atoms with Crippen LogP contribution in [0.15, 0.2) is 12.4 Å². The number of rotatable bonds is 6. The maximum absolute atomic E-state index is 5.14. The molecule has 1 aromatic rings. The van der Waals surface area contributed by atoms with Gasteiger partial charge in [0.2, 0.25) is 5.95 Å². The first-order chi connectivity index (χ1) is 8.85. The zero-order valence-electron chi connectivity index (χ0n) is 11.4. The second kappa shape index (κ2) is 6.75. The van der Waals surface area contributed by atoms with Gasteiger partial charge in [0.25, 0.3) is 0 Å². The van der Waals surface area contributed by atoms with Crippen molar-refractivity contribution in [3.63, 3.8) is 0 Å². The summed E-state index contributed by atoms with van der Waals surface area (Å²) in [6.45, 7) is 4.92. The number of imidazole rings is 1. The van der Waals surface area contributed by atoms with Crippen molar-refractivity contribution in [1.82, 2.24) is 14.9 Å². The quantitative estimate of drug-likeness (QED) is 0.819. The molecule has 0 aliphatic carbocycles. The second-order valence-electron chi connectivity index (χ2n) is 4.93. The van der Waals surface area contributed by atoms with Gasteiger partial charge in [-0.25, -0.2) is 4.98 Å². The summed E-state index contributed by atoms with van der Waals surface area (Å²) in [4.78, 5) is 6.90. The fourth-order valence-electron chi connectivity index (χ4n) is 2.65. The summed E-state index contributed by atoms with van der Waals surface area (Å²) in [7, 11) is 3.76. The van der Waals surface area contributed by atoms with Gasteiger partial charge in [0.15, 0.2) is 0 Å². The van der Waals surface area contributed by atoms with Crippen molar-refractivity contribution in [3.05, 3.63) is 12.4 Å². The van der Waals surface area contributed by atoms with Gasteiger partial charge in [0, 0.05) is 39.1 Å². The van der Waals surface area contributed by atoms with E-state index < -0.39 is 0 Å². The van der Waals surface area contributed by atoms with Crippen molar-refractivity contribution < 1.29 is 4.74 Å². The first-order valence-electron chi connectivity index (χ1n) is 6.74. The number of nitrogens with zero attached hydrogens (tertiary/aromatic N) is 3. The van der Waals surface area contributed by atoms with Gasteiger partial charge >= 0.3 is 0 Å². The minimum absolute atomic E-state index is 0.733. The molecule has 1 atom stereocenters. The van der Waals surface area contributed by atoms with E-state index in [0.29, 0.717) is 0 Å². The van der Waals surface area contributed by atoms with E-state index in [1.54, 1.807) is 7.11 Å². The van der Waals surface area contributed by atoms with E-state index in [-0.39, 0.29) is 0 Å². The molecule has 2 heterocycles. The fourth-order valence-corrected chi connectivity index (χ4v) is 2.65. The van der Waals surface area contributed by atoms with E-state index in [2.05, 4.69) is 19.8 Å². The summed E-state index contributed by atoms with van der Waals surface area (Å²) in [6, 6.07) is 0. The largest absolute Gasteiger partial charge is 0.383 e. The molecule has 5 heteroatoms. The molecule has 1 N–H and O–H groups in total. The van der Waals surface area contributed by atoms with Gasteiger partial charge in [-0.3, -0.25) is 0 Å². The Morgan fingerprint density at radius 2 is 2.44 bits per heavy atom. The van der Waals surface area contributed by atoms with E-state index in [1.165, 1.54) is 12.8 Å². The van der Waals surface area contributed by atoms with Crippen LogP contribution in [0, 0.1) is 5.92 Å². The number of ether oxygens (including phenoxy) is 1. The third-order valence-corrected chi connectivity index (χ3v) is 3.52. The summed E-state index contributed by atoms with van der Waals surface area (Å²) in [6.07, 6.45) is 6.49. The fraction of sp³-hybridized carbons (Fsp3) is 0.769. The molecule has 2 rings (SSSR count). The SMILES string of the molecule is CNCC1CCCN(c2nccn2CCOC)C1. The van der Waals surface area contributed by atoms with Crippen LogP contribution in [-0.4, -0.2) is 49.9 Å². The molecular weight excluding hydrogens is 228 g/mol. The Kier molecular flexibility index (Phi) is 5.01. The molecule has 1 fully saturated rings. The number of aromatic nitrogens is 2. The van der Waals surface area contributed by atoms with Crippen LogP contribution in [0.25, 0.3) is 0 Å². The zero-order valence-corrected chi connectivity index (χ0v) is 11.4. The molecule has 1 saturated heterocycles. The maximum Gasteiger partial charge on any atom is 0.205 e. The Morgan fingerprint density at radius 1 is 1.56 bits per heavy atom. The molecule has 0 spiro atoms. The lowest BCUT2D eigenvalue weighted by Crippen LogP contribution is -2.40. The normalized spacial score (nSPS) is 20.3. The minimum atomic E-state index is 0.733. The van der Waals surface area contributed by atoms with Gasteiger partial charge in [-0.1, -0.05) is 0 Å². The highest BCUT2D eigenvalue weighted by molar-refractivity contribution is 5.32. The van der Waals surface area contributed by atoms with Crippen LogP contribution in [0.4, 0.5) is 5.95 Å². The number of hydrogen-bond donors (Lipinski definition) is 1. The van der Waals surface area contributed by atoms with Crippen molar-refractivity contribution in [1.29, 1.82) is 0 Å². The predicted octanol–water partition coefficient (Wildman–Crippen LogP) is 0.965. The maximum atomic E-state index is 5.14. The number of methoxy groups -OCH3 is 1. The monoisotopic (exact) mass is 252 g/mol. The first-order valence-corrected chi connectivity index (χ1v) is 6.74. The first kappa shape index (κ1) is 13.4. The van der Waals surface area contributed by atoms with Gasteiger partial charge in [0.1, 0.15) is 0 Å². The zero-order chi connectivity index (χ0) is 12.8. The Morgan fingerprint density at radius 3 is 3.22 bits per heavy atom. The molecule has 0 aromatic carbocycles. The summed E-state index contributed by atoms with van der Waals surface area (Å²) in [5.41, 5.74) is 0. The predicted molar refractivity (Wildman–Crippen MR) is 73.0 cm³/mol. The summed E-state index contributed by atoms with van der Waals surface area (Å²) >= 11 is 0. The molecule has 0 bridgehead atoms. The van der Waals surface area contributed by atoms with Crippen LogP contribution < -0.4 is 10.2 Å². The number of anilines is 1. The molecule has 1 aromatic heterocycles.